The molecule has 1 rings (SSSR count). The van der Waals surface area contributed by atoms with E-state index in [-0.39, 0.29) is 18.4 Å². The number of carbonyl (C=O) groups is 2. The molecule has 1 fully saturated rings. The van der Waals surface area contributed by atoms with Gasteiger partial charge in [-0.05, 0) is 20.3 Å². The Hall–Kier alpha value is -1.06. The number of carboxylic acid groups (broad SMARTS) is 1. The molecule has 0 radical (unpaired) electrons. The van der Waals surface area contributed by atoms with Crippen LogP contribution in [0.3, 0.4) is 0 Å². The number of carboxylic acids is 1. The highest BCUT2D eigenvalue weighted by atomic mass is 16.4. The van der Waals surface area contributed by atoms with E-state index in [1.165, 1.54) is 0 Å². The van der Waals surface area contributed by atoms with Crippen LogP contribution in [-0.2, 0) is 9.59 Å². The molecule has 0 aliphatic carbocycles. The first-order valence-corrected chi connectivity index (χ1v) is 4.54. The summed E-state index contributed by atoms with van der Waals surface area (Å²) in [7, 11) is 0. The van der Waals surface area contributed by atoms with Crippen molar-refractivity contribution in [1.82, 2.24) is 4.90 Å². The van der Waals surface area contributed by atoms with Crippen LogP contribution in [0.15, 0.2) is 0 Å². The summed E-state index contributed by atoms with van der Waals surface area (Å²) in [5, 5.41) is 8.71. The van der Waals surface area contributed by atoms with Crippen molar-refractivity contribution in [2.45, 2.75) is 32.7 Å². The summed E-state index contributed by atoms with van der Waals surface area (Å²) in [5.41, 5.74) is 0. The number of amides is 1. The van der Waals surface area contributed by atoms with Gasteiger partial charge in [0.25, 0.3) is 0 Å². The van der Waals surface area contributed by atoms with Crippen LogP contribution in [0.25, 0.3) is 0 Å². The first kappa shape index (κ1) is 10.0. The van der Waals surface area contributed by atoms with Gasteiger partial charge in [-0.3, -0.25) is 9.59 Å². The predicted octanol–water partition coefficient (Wildman–Crippen LogP) is 0.718. The average molecular weight is 185 g/mol. The van der Waals surface area contributed by atoms with Crippen LogP contribution >= 0.6 is 0 Å². The van der Waals surface area contributed by atoms with Crippen LogP contribution < -0.4 is 0 Å². The normalized spacial score (nSPS) is 23.8. The van der Waals surface area contributed by atoms with E-state index in [0.29, 0.717) is 13.0 Å². The average Bonchev–Trinajstić information content (AvgIpc) is 2.03. The topological polar surface area (TPSA) is 57.6 Å². The highest BCUT2D eigenvalue weighted by Crippen LogP contribution is 2.19. The third kappa shape index (κ3) is 2.20. The minimum absolute atomic E-state index is 0.0337. The molecule has 13 heavy (non-hydrogen) atoms. The zero-order valence-corrected chi connectivity index (χ0v) is 7.99. The molecule has 1 aliphatic rings. The lowest BCUT2D eigenvalue weighted by atomic mass is 9.96. The molecule has 4 heteroatoms. The highest BCUT2D eigenvalue weighted by Gasteiger charge is 2.30. The van der Waals surface area contributed by atoms with E-state index < -0.39 is 11.9 Å². The highest BCUT2D eigenvalue weighted by molar-refractivity contribution is 5.83. The van der Waals surface area contributed by atoms with E-state index in [1.54, 1.807) is 4.90 Å². The van der Waals surface area contributed by atoms with Gasteiger partial charge in [0.15, 0.2) is 0 Å². The van der Waals surface area contributed by atoms with Crippen LogP contribution in [0.5, 0.6) is 0 Å². The van der Waals surface area contributed by atoms with Gasteiger partial charge < -0.3 is 10.0 Å². The molecule has 0 aromatic heterocycles. The second-order valence-corrected chi connectivity index (χ2v) is 3.71. The molecule has 1 aliphatic heterocycles. The number of piperidine rings is 1. The molecule has 0 spiro atoms. The molecular weight excluding hydrogens is 170 g/mol. The van der Waals surface area contributed by atoms with Gasteiger partial charge in [0.2, 0.25) is 5.91 Å². The van der Waals surface area contributed by atoms with Gasteiger partial charge in [-0.1, -0.05) is 0 Å². The summed E-state index contributed by atoms with van der Waals surface area (Å²) in [5.74, 6) is -1.35. The molecule has 0 aromatic rings. The molecule has 1 atom stereocenters. The fourth-order valence-corrected chi connectivity index (χ4v) is 1.61. The second-order valence-electron chi connectivity index (χ2n) is 3.71. The van der Waals surface area contributed by atoms with Crippen LogP contribution in [0, 0.1) is 5.92 Å². The lowest BCUT2D eigenvalue weighted by molar-refractivity contribution is -0.150. The number of rotatable bonds is 2. The minimum atomic E-state index is -0.850. The quantitative estimate of drug-likeness (QED) is 0.689. The Balaban J connectivity index is 2.57. The van der Waals surface area contributed by atoms with Crippen molar-refractivity contribution in [1.29, 1.82) is 0 Å². The summed E-state index contributed by atoms with van der Waals surface area (Å²) in [6.45, 7) is 4.46. The van der Waals surface area contributed by atoms with Crippen molar-refractivity contribution < 1.29 is 14.7 Å². The largest absolute Gasteiger partial charge is 0.481 e. The van der Waals surface area contributed by atoms with Gasteiger partial charge in [0.05, 0.1) is 5.92 Å². The van der Waals surface area contributed by atoms with E-state index in [0.717, 1.165) is 0 Å². The van der Waals surface area contributed by atoms with Crippen LogP contribution in [0.2, 0.25) is 0 Å². The fourth-order valence-electron chi connectivity index (χ4n) is 1.61. The van der Waals surface area contributed by atoms with Gasteiger partial charge in [-0.25, -0.2) is 0 Å². The minimum Gasteiger partial charge on any atom is -0.481 e. The number of hydrogen-bond acceptors (Lipinski definition) is 2. The van der Waals surface area contributed by atoms with Crippen molar-refractivity contribution in [3.63, 3.8) is 0 Å². The SMILES string of the molecule is CC(C)N1CCC(C(=O)O)CC1=O. The van der Waals surface area contributed by atoms with Crippen molar-refractivity contribution in [2.24, 2.45) is 5.92 Å². The predicted molar refractivity (Wildman–Crippen MR) is 47.2 cm³/mol. The Labute approximate surface area is 77.5 Å². The first-order valence-electron chi connectivity index (χ1n) is 4.54. The molecule has 0 saturated carbocycles. The molecule has 0 aromatic carbocycles. The molecular formula is C9H15NO3. The van der Waals surface area contributed by atoms with Gasteiger partial charge in [-0.15, -0.1) is 0 Å². The second kappa shape index (κ2) is 3.77. The Bertz CT molecular complexity index is 225. The van der Waals surface area contributed by atoms with E-state index in [9.17, 15) is 9.59 Å². The monoisotopic (exact) mass is 185 g/mol. The summed E-state index contributed by atoms with van der Waals surface area (Å²) >= 11 is 0. The smallest absolute Gasteiger partial charge is 0.307 e. The van der Waals surface area contributed by atoms with Crippen LogP contribution in [0.4, 0.5) is 0 Å². The first-order chi connectivity index (χ1) is 6.02. The lowest BCUT2D eigenvalue weighted by Gasteiger charge is -2.32. The van der Waals surface area contributed by atoms with E-state index in [1.807, 2.05) is 13.8 Å². The molecule has 1 saturated heterocycles. The van der Waals surface area contributed by atoms with Crippen LogP contribution in [0.1, 0.15) is 26.7 Å². The molecule has 0 bridgehead atoms. The van der Waals surface area contributed by atoms with Gasteiger partial charge in [0.1, 0.15) is 0 Å². The van der Waals surface area contributed by atoms with Gasteiger partial charge in [0, 0.05) is 19.0 Å². The number of likely N-dealkylation sites (tertiary alicyclic amines) is 1. The number of hydrogen-bond donors (Lipinski definition) is 1. The van der Waals surface area contributed by atoms with Crippen molar-refractivity contribution >= 4 is 11.9 Å². The van der Waals surface area contributed by atoms with Crippen molar-refractivity contribution in [3.05, 3.63) is 0 Å². The number of nitrogens with zero attached hydrogens (tertiary/aromatic N) is 1. The van der Waals surface area contributed by atoms with Crippen LogP contribution in [-0.4, -0.2) is 34.5 Å². The maximum absolute atomic E-state index is 11.4. The van der Waals surface area contributed by atoms with Gasteiger partial charge in [-0.2, -0.15) is 0 Å². The molecule has 1 N–H and O–H groups in total. The maximum Gasteiger partial charge on any atom is 0.307 e. The Morgan fingerprint density at radius 3 is 2.62 bits per heavy atom. The number of carbonyl (C=O) groups excluding carboxylic acids is 1. The van der Waals surface area contributed by atoms with Crippen molar-refractivity contribution in [3.8, 4) is 0 Å². The summed E-state index contributed by atoms with van der Waals surface area (Å²) in [6, 6.07) is 0.183. The zero-order valence-electron chi connectivity index (χ0n) is 7.99. The van der Waals surface area contributed by atoms with E-state index >= 15 is 0 Å². The number of aliphatic carboxylic acids is 1. The Morgan fingerprint density at radius 2 is 2.23 bits per heavy atom. The summed E-state index contributed by atoms with van der Waals surface area (Å²) in [4.78, 5) is 23.8. The molecule has 1 heterocycles. The van der Waals surface area contributed by atoms with Gasteiger partial charge >= 0.3 is 5.97 Å². The summed E-state index contributed by atoms with van der Waals surface area (Å²) < 4.78 is 0. The third-order valence-corrected chi connectivity index (χ3v) is 2.43. The molecule has 1 unspecified atom stereocenters. The Morgan fingerprint density at radius 1 is 1.62 bits per heavy atom. The zero-order chi connectivity index (χ0) is 10.0. The maximum atomic E-state index is 11.4. The fraction of sp³-hybridized carbons (Fsp3) is 0.778. The molecule has 74 valence electrons. The Kier molecular flexibility index (Phi) is 2.90. The standard InChI is InChI=1S/C9H15NO3/c1-6(2)10-4-3-7(9(12)13)5-8(10)11/h6-7H,3-5H2,1-2H3,(H,12,13). The van der Waals surface area contributed by atoms with E-state index in [2.05, 4.69) is 0 Å². The molecule has 4 nitrogen and oxygen atoms in total. The lowest BCUT2D eigenvalue weighted by Crippen LogP contribution is -2.44. The van der Waals surface area contributed by atoms with E-state index in [4.69, 9.17) is 5.11 Å². The third-order valence-electron chi connectivity index (χ3n) is 2.43. The van der Waals surface area contributed by atoms with Crippen molar-refractivity contribution in [2.75, 3.05) is 6.54 Å². The molecule has 1 amide bonds. The summed E-state index contributed by atoms with van der Waals surface area (Å²) in [6.07, 6.45) is 0.743.